The molecule has 2 heterocycles. The predicted molar refractivity (Wildman–Crippen MR) is 128 cm³/mol. The summed E-state index contributed by atoms with van der Waals surface area (Å²) in [6.45, 7) is -0.238. The first-order valence-corrected chi connectivity index (χ1v) is 13.6. The third kappa shape index (κ3) is 5.25. The first-order valence-electron chi connectivity index (χ1n) is 11.3. The number of anilines is 1. The molecule has 9 heteroatoms. The molecule has 0 aliphatic heterocycles. The van der Waals surface area contributed by atoms with Crippen LogP contribution in [0.3, 0.4) is 0 Å². The van der Waals surface area contributed by atoms with Gasteiger partial charge in [0.25, 0.3) is 0 Å². The molecule has 0 amide bonds. The van der Waals surface area contributed by atoms with E-state index in [4.69, 9.17) is 19.0 Å². The van der Waals surface area contributed by atoms with Crippen LogP contribution in [0.1, 0.15) is 19.3 Å². The number of aliphatic carboxylic acids is 1. The molecule has 0 radical (unpaired) electrons. The molecule has 1 aliphatic carbocycles. The third-order valence-corrected chi connectivity index (χ3v) is 8.80. The first kappa shape index (κ1) is 23.6. The van der Waals surface area contributed by atoms with Crippen LogP contribution in [0.2, 0.25) is 0 Å². The molecule has 1 saturated carbocycles. The number of alkyl halides is 1. The summed E-state index contributed by atoms with van der Waals surface area (Å²) in [4.78, 5) is 19.8. The maximum absolute atomic E-state index is 10.8. The van der Waals surface area contributed by atoms with Gasteiger partial charge in [-0.25, -0.2) is 0 Å². The van der Waals surface area contributed by atoms with E-state index >= 15 is 0 Å². The van der Waals surface area contributed by atoms with Crippen LogP contribution >= 0.6 is 0 Å². The molecular formula is C26H25IN3O5-. The number of fused-ring (bicyclic) bond motifs is 1. The quantitative estimate of drug-likeness (QED) is 0.174. The molecular weight excluding hydrogens is 561 g/mol. The number of aromatic nitrogens is 2. The van der Waals surface area contributed by atoms with Crippen LogP contribution in [0.5, 0.6) is 5.75 Å². The Kier molecular flexibility index (Phi) is 7.14. The van der Waals surface area contributed by atoms with Gasteiger partial charge in [0.15, 0.2) is 0 Å². The number of nitrogens with one attached hydrogen (secondary N) is 1. The van der Waals surface area contributed by atoms with Crippen molar-refractivity contribution in [1.29, 1.82) is 0 Å². The average Bonchev–Trinajstić information content (AvgIpc) is 3.52. The second kappa shape index (κ2) is 10.6. The van der Waals surface area contributed by atoms with Crippen LogP contribution in [0.25, 0.3) is 33.6 Å². The molecule has 5 rings (SSSR count). The number of furan rings is 1. The van der Waals surface area contributed by atoms with Crippen LogP contribution in [0, 0.1) is 0 Å². The van der Waals surface area contributed by atoms with Gasteiger partial charge in [-0.2, -0.15) is 0 Å². The van der Waals surface area contributed by atoms with E-state index in [1.54, 1.807) is 7.11 Å². The number of carboxylic acid groups (broad SMARTS) is 1. The van der Waals surface area contributed by atoms with Gasteiger partial charge in [0.1, 0.15) is 0 Å². The molecule has 2 N–H and O–H groups in total. The van der Waals surface area contributed by atoms with Gasteiger partial charge >= 0.3 is 214 Å². The number of hydrogen-bond acceptors (Lipinski definition) is 7. The zero-order chi connectivity index (χ0) is 24.2. The molecule has 0 saturated heterocycles. The topological polar surface area (TPSA) is 107 Å². The summed E-state index contributed by atoms with van der Waals surface area (Å²) in [5.74, 6) is 1.36. The van der Waals surface area contributed by atoms with Crippen LogP contribution in [0.15, 0.2) is 65.3 Å². The van der Waals surface area contributed by atoms with Crippen molar-refractivity contribution in [2.24, 2.45) is 0 Å². The van der Waals surface area contributed by atoms with Crippen molar-refractivity contribution in [2.75, 3.05) is 17.2 Å². The summed E-state index contributed by atoms with van der Waals surface area (Å²) in [6.07, 6.45) is 4.31. The Balaban J connectivity index is 1.47. The Labute approximate surface area is 213 Å². The number of hydrogen-bond donors (Lipinski definition) is 2. The van der Waals surface area contributed by atoms with Gasteiger partial charge in [0.2, 0.25) is 0 Å². The third-order valence-electron chi connectivity index (χ3n) is 5.96. The molecule has 0 spiro atoms. The molecule has 1 aliphatic rings. The van der Waals surface area contributed by atoms with Crippen molar-refractivity contribution in [2.45, 2.75) is 29.3 Å². The zero-order valence-electron chi connectivity index (χ0n) is 19.1. The van der Waals surface area contributed by atoms with Crippen LogP contribution in [-0.2, 0) is 9.53 Å². The number of carboxylic acids is 1. The minimum atomic E-state index is -0.926. The van der Waals surface area contributed by atoms with E-state index in [2.05, 4.69) is 13.5 Å². The zero-order valence-corrected chi connectivity index (χ0v) is 21.3. The number of carbonyl (C=O) groups is 1. The van der Waals surface area contributed by atoms with E-state index in [0.717, 1.165) is 58.7 Å². The van der Waals surface area contributed by atoms with Crippen molar-refractivity contribution < 1.29 is 45.3 Å². The standard InChI is InChI=1S/C26H25IN3O5/c1-33-19-10-7-16(8-11-19)22-23-25(30-27-18-9-12-20(13-18)34-14-21(31)32)28-15-29-26(23)35-24(22)17-5-3-2-4-6-17/h2-8,10-11,15,18,20H,9,12-14H2,1H3,(H,31,32)(H,28,29,30)/q-1/t18-,20+/m1/s1. The molecule has 35 heavy (non-hydrogen) atoms. The van der Waals surface area contributed by atoms with Gasteiger partial charge in [-0.05, 0) is 0 Å². The van der Waals surface area contributed by atoms with E-state index < -0.39 is 27.4 Å². The number of benzene rings is 2. The van der Waals surface area contributed by atoms with Crippen LogP contribution in [0.4, 0.5) is 5.82 Å². The number of ether oxygens (including phenoxy) is 2. The van der Waals surface area contributed by atoms with E-state index in [1.165, 1.54) is 6.33 Å². The van der Waals surface area contributed by atoms with Crippen molar-refractivity contribution in [3.63, 3.8) is 0 Å². The number of nitrogens with zero attached hydrogens (tertiary/aromatic N) is 2. The van der Waals surface area contributed by atoms with Gasteiger partial charge in [0, 0.05) is 0 Å². The summed E-state index contributed by atoms with van der Waals surface area (Å²) >= 11 is -0.453. The fourth-order valence-corrected chi connectivity index (χ4v) is 6.92. The maximum atomic E-state index is 10.8. The summed E-state index contributed by atoms with van der Waals surface area (Å²) < 4.78 is 21.2. The van der Waals surface area contributed by atoms with Gasteiger partial charge in [-0.15, -0.1) is 0 Å². The van der Waals surface area contributed by atoms with Gasteiger partial charge < -0.3 is 0 Å². The molecule has 0 bridgehead atoms. The molecule has 1 fully saturated rings. The summed E-state index contributed by atoms with van der Waals surface area (Å²) in [5.41, 5.74) is 3.42. The monoisotopic (exact) mass is 586 g/mol. The van der Waals surface area contributed by atoms with Gasteiger partial charge in [0.05, 0.1) is 0 Å². The normalized spacial score (nSPS) is 17.6. The van der Waals surface area contributed by atoms with E-state index in [-0.39, 0.29) is 12.7 Å². The molecule has 2 atom stereocenters. The Morgan fingerprint density at radius 1 is 1.11 bits per heavy atom. The van der Waals surface area contributed by atoms with Crippen molar-refractivity contribution in [1.82, 2.24) is 9.97 Å². The summed E-state index contributed by atoms with van der Waals surface area (Å²) in [7, 11) is 1.65. The Hall–Kier alpha value is -3.18. The second-order valence-corrected chi connectivity index (χ2v) is 11.2. The molecule has 4 aromatic rings. The van der Waals surface area contributed by atoms with Crippen LogP contribution in [-0.4, -0.2) is 44.8 Å². The predicted octanol–water partition coefficient (Wildman–Crippen LogP) is 2.00. The summed E-state index contributed by atoms with van der Waals surface area (Å²) in [5, 5.41) is 9.72. The average molecular weight is 586 g/mol. The molecule has 182 valence electrons. The number of halogens is 1. The molecule has 8 nitrogen and oxygen atoms in total. The number of rotatable bonds is 9. The van der Waals surface area contributed by atoms with E-state index in [9.17, 15) is 4.79 Å². The Morgan fingerprint density at radius 3 is 2.66 bits per heavy atom. The number of methoxy groups -OCH3 is 1. The van der Waals surface area contributed by atoms with E-state index in [0.29, 0.717) is 9.64 Å². The van der Waals surface area contributed by atoms with Gasteiger partial charge in [-0.1, -0.05) is 0 Å². The minimum absolute atomic E-state index is 0.0106. The van der Waals surface area contributed by atoms with Gasteiger partial charge in [-0.3, -0.25) is 0 Å². The fraction of sp³-hybridized carbons (Fsp3) is 0.269. The second-order valence-electron chi connectivity index (χ2n) is 8.24. The Morgan fingerprint density at radius 2 is 1.91 bits per heavy atom. The van der Waals surface area contributed by atoms with E-state index in [1.807, 2.05) is 54.6 Å². The SMILES string of the molecule is COc1ccc(-c2c(-c3ccccc3)oc3ncnc(N[I-][C@@H]4CC[C@H](OCC(=O)O)C4)c23)cc1. The summed E-state index contributed by atoms with van der Waals surface area (Å²) in [6, 6.07) is 17.9. The molecule has 2 aromatic carbocycles. The Bertz CT molecular complexity index is 1310. The first-order chi connectivity index (χ1) is 17.1. The van der Waals surface area contributed by atoms with Crippen molar-refractivity contribution in [3.05, 3.63) is 60.9 Å². The van der Waals surface area contributed by atoms with Crippen molar-refractivity contribution in [3.8, 4) is 28.2 Å². The van der Waals surface area contributed by atoms with Crippen LogP contribution < -0.4 is 29.7 Å². The van der Waals surface area contributed by atoms with Crippen molar-refractivity contribution >= 4 is 22.9 Å². The molecule has 2 aromatic heterocycles. The molecule has 0 unspecified atom stereocenters. The fourth-order valence-electron chi connectivity index (χ4n) is 4.29.